The number of ether oxygens (including phenoxy) is 2. The van der Waals surface area contributed by atoms with Gasteiger partial charge in [0, 0.05) is 0 Å². The average Bonchev–Trinajstić information content (AvgIpc) is 3.22. The zero-order valence-corrected chi connectivity index (χ0v) is 16.0. The van der Waals surface area contributed by atoms with E-state index in [4.69, 9.17) is 21.1 Å². The third kappa shape index (κ3) is 2.95. The molecule has 0 N–H and O–H groups in total. The van der Waals surface area contributed by atoms with Crippen LogP contribution in [0.4, 0.5) is 5.69 Å². The number of rotatable bonds is 5. The molecule has 2 aromatic carbocycles. The fraction of sp³-hybridized carbons (Fsp3) is 0.263. The molecule has 0 aliphatic carbocycles. The number of halogens is 1. The van der Waals surface area contributed by atoms with Crippen LogP contribution in [-0.2, 0) is 16.1 Å². The van der Waals surface area contributed by atoms with Crippen molar-refractivity contribution in [1.82, 2.24) is 5.01 Å². The maximum absolute atomic E-state index is 13.0. The van der Waals surface area contributed by atoms with Gasteiger partial charge in [-0.1, -0.05) is 29.0 Å². The minimum absolute atomic E-state index is 0.313. The Bertz CT molecular complexity index is 980. The van der Waals surface area contributed by atoms with E-state index in [-0.39, 0.29) is 5.91 Å². The van der Waals surface area contributed by atoms with Crippen LogP contribution in [0.25, 0.3) is 0 Å². The maximum atomic E-state index is 13.0. The molecule has 0 saturated carbocycles. The Hall–Kier alpha value is -3.13. The van der Waals surface area contributed by atoms with Gasteiger partial charge in [0.1, 0.15) is 11.5 Å². The Morgan fingerprint density at radius 3 is 2.61 bits per heavy atom. The Morgan fingerprint density at radius 1 is 1.07 bits per heavy atom. The number of anilines is 1. The summed E-state index contributed by atoms with van der Waals surface area (Å²) in [5.74, 6) is 0.356. The molecule has 2 aromatic rings. The first-order valence-corrected chi connectivity index (χ1v) is 8.93. The van der Waals surface area contributed by atoms with Crippen LogP contribution in [0.5, 0.6) is 11.5 Å². The van der Waals surface area contributed by atoms with Crippen LogP contribution < -0.4 is 14.4 Å². The third-order valence-electron chi connectivity index (χ3n) is 4.73. The smallest absolute Gasteiger partial charge is 0.263 e. The number of imide groups is 1. The Balaban J connectivity index is 1.59. The fourth-order valence-electron chi connectivity index (χ4n) is 3.36. The molecule has 0 unspecified atom stereocenters. The number of amides is 2. The normalized spacial score (nSPS) is 20.7. The highest BCUT2D eigenvalue weighted by molar-refractivity contribution is 6.33. The highest BCUT2D eigenvalue weighted by Gasteiger charge is 2.54. The van der Waals surface area contributed by atoms with Crippen molar-refractivity contribution >= 4 is 29.1 Å². The Kier molecular flexibility index (Phi) is 4.64. The molecule has 0 radical (unpaired) electrons. The lowest BCUT2D eigenvalue weighted by Gasteiger charge is -2.21. The van der Waals surface area contributed by atoms with Gasteiger partial charge in [0.15, 0.2) is 12.1 Å². The summed E-state index contributed by atoms with van der Waals surface area (Å²) in [4.78, 5) is 26.9. The third-order valence-corrected chi connectivity index (χ3v) is 5.03. The fourth-order valence-corrected chi connectivity index (χ4v) is 3.61. The largest absolute Gasteiger partial charge is 0.497 e. The van der Waals surface area contributed by atoms with Crippen LogP contribution in [0.3, 0.4) is 0 Å². The van der Waals surface area contributed by atoms with Crippen molar-refractivity contribution in [2.24, 2.45) is 10.3 Å². The van der Waals surface area contributed by atoms with E-state index in [1.807, 2.05) is 24.3 Å². The zero-order chi connectivity index (χ0) is 19.8. The Morgan fingerprint density at radius 2 is 1.89 bits per heavy atom. The molecule has 144 valence electrons. The van der Waals surface area contributed by atoms with Crippen molar-refractivity contribution in [3.63, 3.8) is 0 Å². The van der Waals surface area contributed by atoms with E-state index in [0.29, 0.717) is 28.8 Å². The minimum atomic E-state index is -0.862. The quantitative estimate of drug-likeness (QED) is 0.720. The molecule has 2 aliphatic rings. The Labute approximate surface area is 166 Å². The number of methoxy groups -OCH3 is 2. The van der Waals surface area contributed by atoms with Gasteiger partial charge < -0.3 is 9.47 Å². The highest BCUT2D eigenvalue weighted by Crippen LogP contribution is 2.36. The molecule has 4 rings (SSSR count). The molecule has 2 atom stereocenters. The number of benzene rings is 2. The summed E-state index contributed by atoms with van der Waals surface area (Å²) < 4.78 is 10.3. The lowest BCUT2D eigenvalue weighted by atomic mass is 10.1. The van der Waals surface area contributed by atoms with Gasteiger partial charge >= 0.3 is 0 Å². The molecule has 28 heavy (non-hydrogen) atoms. The average molecular weight is 401 g/mol. The number of nitrogens with zero attached hydrogens (tertiary/aromatic N) is 4. The van der Waals surface area contributed by atoms with Gasteiger partial charge in [0.05, 0.1) is 31.5 Å². The van der Waals surface area contributed by atoms with Gasteiger partial charge in [0.25, 0.3) is 11.8 Å². The molecule has 0 spiro atoms. The van der Waals surface area contributed by atoms with Crippen molar-refractivity contribution in [1.29, 1.82) is 0 Å². The zero-order valence-electron chi connectivity index (χ0n) is 15.2. The highest BCUT2D eigenvalue weighted by atomic mass is 35.5. The van der Waals surface area contributed by atoms with E-state index in [9.17, 15) is 9.59 Å². The molecule has 2 amide bonds. The van der Waals surface area contributed by atoms with E-state index in [1.165, 1.54) is 18.2 Å². The van der Waals surface area contributed by atoms with E-state index in [0.717, 1.165) is 10.5 Å². The number of hydrogen-bond acceptors (Lipinski definition) is 7. The van der Waals surface area contributed by atoms with Crippen LogP contribution in [0.15, 0.2) is 52.8 Å². The second kappa shape index (κ2) is 7.12. The molecule has 0 aromatic heterocycles. The molecule has 2 heterocycles. The van der Waals surface area contributed by atoms with Gasteiger partial charge in [-0.05, 0) is 35.9 Å². The molecule has 8 nitrogen and oxygen atoms in total. The van der Waals surface area contributed by atoms with E-state index >= 15 is 0 Å². The van der Waals surface area contributed by atoms with E-state index in [2.05, 4.69) is 10.3 Å². The predicted molar refractivity (Wildman–Crippen MR) is 101 cm³/mol. The summed E-state index contributed by atoms with van der Waals surface area (Å²) in [5.41, 5.74) is 1.27. The summed E-state index contributed by atoms with van der Waals surface area (Å²) in [6, 6.07) is 10.6. The van der Waals surface area contributed by atoms with Crippen LogP contribution >= 0.6 is 11.6 Å². The second-order valence-electron chi connectivity index (χ2n) is 6.37. The van der Waals surface area contributed by atoms with E-state index in [1.54, 1.807) is 19.2 Å². The summed E-state index contributed by atoms with van der Waals surface area (Å²) in [6.07, 6.45) is 0. The molecule has 1 fully saturated rings. The van der Waals surface area contributed by atoms with Crippen LogP contribution in [0.2, 0.25) is 5.02 Å². The summed E-state index contributed by atoms with van der Waals surface area (Å²) in [5, 5.41) is 9.92. The molecule has 2 aliphatic heterocycles. The molecular formula is C19H17ClN4O4. The first-order chi connectivity index (χ1) is 13.5. The first-order valence-electron chi connectivity index (χ1n) is 8.55. The SMILES string of the molecule is COc1cccc(CN2N=N[C@@H]3C(=O)N(c4ccc(OC)c(Cl)c4)C(=O)[C@@H]32)c1. The first kappa shape index (κ1) is 18.2. The second-order valence-corrected chi connectivity index (χ2v) is 6.78. The minimum Gasteiger partial charge on any atom is -0.497 e. The molecule has 9 heteroatoms. The van der Waals surface area contributed by atoms with Crippen LogP contribution in [0.1, 0.15) is 5.56 Å². The van der Waals surface area contributed by atoms with Gasteiger partial charge in [-0.2, -0.15) is 5.11 Å². The molecular weight excluding hydrogens is 384 g/mol. The van der Waals surface area contributed by atoms with Crippen molar-refractivity contribution in [2.75, 3.05) is 19.1 Å². The van der Waals surface area contributed by atoms with Gasteiger partial charge in [-0.25, -0.2) is 4.90 Å². The lowest BCUT2D eigenvalue weighted by Crippen LogP contribution is -2.39. The maximum Gasteiger partial charge on any atom is 0.263 e. The number of carbonyl (C=O) groups is 2. The monoisotopic (exact) mass is 400 g/mol. The number of carbonyl (C=O) groups excluding carboxylic acids is 2. The van der Waals surface area contributed by atoms with Crippen molar-refractivity contribution in [3.05, 3.63) is 53.1 Å². The lowest BCUT2D eigenvalue weighted by molar-refractivity contribution is -0.123. The summed E-state index contributed by atoms with van der Waals surface area (Å²) in [7, 11) is 3.08. The number of hydrogen-bond donors (Lipinski definition) is 0. The van der Waals surface area contributed by atoms with Gasteiger partial charge in [-0.3, -0.25) is 14.6 Å². The molecule has 0 bridgehead atoms. The van der Waals surface area contributed by atoms with Crippen LogP contribution in [-0.4, -0.2) is 43.1 Å². The van der Waals surface area contributed by atoms with Crippen molar-refractivity contribution in [3.8, 4) is 11.5 Å². The van der Waals surface area contributed by atoms with E-state index < -0.39 is 18.0 Å². The molecule has 1 saturated heterocycles. The van der Waals surface area contributed by atoms with Gasteiger partial charge in [-0.15, -0.1) is 0 Å². The topological polar surface area (TPSA) is 83.8 Å². The van der Waals surface area contributed by atoms with Crippen LogP contribution in [0, 0.1) is 0 Å². The predicted octanol–water partition coefficient (Wildman–Crippen LogP) is 2.85. The standard InChI is InChI=1S/C19H17ClN4O4/c1-27-13-5-3-4-11(8-13)10-23-17-16(21-22-23)18(25)24(19(17)26)12-6-7-15(28-2)14(20)9-12/h3-9,16-17H,10H2,1-2H3/t16-,17+/m0/s1. The van der Waals surface area contributed by atoms with Crippen molar-refractivity contribution < 1.29 is 19.1 Å². The summed E-state index contributed by atoms with van der Waals surface area (Å²) in [6.45, 7) is 0.331. The van der Waals surface area contributed by atoms with Gasteiger partial charge in [0.2, 0.25) is 0 Å². The number of fused-ring (bicyclic) bond motifs is 1. The van der Waals surface area contributed by atoms with Crippen molar-refractivity contribution in [2.45, 2.75) is 18.6 Å². The summed E-state index contributed by atoms with van der Waals surface area (Å²) >= 11 is 6.15.